The number of aromatic nitrogens is 5. The first-order chi connectivity index (χ1) is 12.7. The maximum atomic E-state index is 12.9. The van der Waals surface area contributed by atoms with E-state index in [9.17, 15) is 4.79 Å². The summed E-state index contributed by atoms with van der Waals surface area (Å²) in [6.45, 7) is 4.21. The van der Waals surface area contributed by atoms with Gasteiger partial charge in [0.25, 0.3) is 5.91 Å². The van der Waals surface area contributed by atoms with E-state index in [1.807, 2.05) is 4.90 Å². The number of hydrogen-bond acceptors (Lipinski definition) is 4. The normalized spacial score (nSPS) is 13.7. The molecule has 0 saturated carbocycles. The Hall–Kier alpha value is -2.48. The van der Waals surface area contributed by atoms with Gasteiger partial charge in [0.05, 0.1) is 12.1 Å². The largest absolute Gasteiger partial charge is 0.343 e. The molecule has 4 rings (SSSR count). The van der Waals surface area contributed by atoms with Gasteiger partial charge in [-0.15, -0.1) is 0 Å². The quantitative estimate of drug-likeness (QED) is 0.711. The minimum Gasteiger partial charge on any atom is -0.343 e. The smallest absolute Gasteiger partial charge is 0.255 e. The Kier molecular flexibility index (Phi) is 4.58. The maximum absolute atomic E-state index is 12.9. The van der Waals surface area contributed by atoms with Crippen LogP contribution in [0.5, 0.6) is 0 Å². The Morgan fingerprint density at radius 1 is 1.38 bits per heavy atom. The number of aryl methyl sites for hydroxylation is 1. The van der Waals surface area contributed by atoms with Crippen LogP contribution in [0.15, 0.2) is 35.3 Å². The molecule has 0 fully saturated rings. The highest BCUT2D eigenvalue weighted by atomic mass is 79.9. The van der Waals surface area contributed by atoms with Crippen molar-refractivity contribution in [1.29, 1.82) is 0 Å². The van der Waals surface area contributed by atoms with Crippen LogP contribution in [0.25, 0.3) is 11.5 Å². The van der Waals surface area contributed by atoms with Crippen molar-refractivity contribution in [2.45, 2.75) is 32.9 Å². The van der Waals surface area contributed by atoms with Crippen molar-refractivity contribution in [2.75, 3.05) is 6.54 Å². The van der Waals surface area contributed by atoms with Crippen LogP contribution in [0.1, 0.15) is 35.0 Å². The molecule has 0 unspecified atom stereocenters. The van der Waals surface area contributed by atoms with Crippen LogP contribution in [0.4, 0.5) is 0 Å². The maximum Gasteiger partial charge on any atom is 0.255 e. The van der Waals surface area contributed by atoms with E-state index in [0.29, 0.717) is 18.7 Å². The number of hydrogen-bond donors (Lipinski definition) is 1. The highest BCUT2D eigenvalue weighted by Gasteiger charge is 2.29. The molecule has 0 radical (unpaired) electrons. The zero-order valence-electron chi connectivity index (χ0n) is 14.4. The molecule has 4 heterocycles. The summed E-state index contributed by atoms with van der Waals surface area (Å²) < 4.78 is 2.86. The number of nitrogens with one attached hydrogen (secondary N) is 1. The van der Waals surface area contributed by atoms with Gasteiger partial charge in [-0.3, -0.25) is 14.5 Å². The van der Waals surface area contributed by atoms with Crippen molar-refractivity contribution >= 4 is 21.8 Å². The number of amides is 1. The zero-order valence-corrected chi connectivity index (χ0v) is 16.0. The van der Waals surface area contributed by atoms with Gasteiger partial charge in [0.15, 0.2) is 5.82 Å². The fraction of sp³-hybridized carbons (Fsp3) is 0.333. The molecule has 0 saturated heterocycles. The lowest BCUT2D eigenvalue weighted by atomic mass is 10.0. The van der Waals surface area contributed by atoms with E-state index in [2.05, 4.69) is 42.5 Å². The molecule has 7 nitrogen and oxygen atoms in total. The van der Waals surface area contributed by atoms with Gasteiger partial charge in [0.2, 0.25) is 0 Å². The van der Waals surface area contributed by atoms with Crippen LogP contribution in [-0.2, 0) is 19.5 Å². The average molecular weight is 415 g/mol. The summed E-state index contributed by atoms with van der Waals surface area (Å²) in [5.74, 6) is 0.729. The second kappa shape index (κ2) is 7.03. The predicted octanol–water partition coefficient (Wildman–Crippen LogP) is 3.04. The lowest BCUT2D eigenvalue weighted by Crippen LogP contribution is -2.36. The summed E-state index contributed by atoms with van der Waals surface area (Å²) in [6.07, 6.45) is 8.60. The molecule has 8 heteroatoms. The number of pyridine rings is 1. The van der Waals surface area contributed by atoms with Crippen molar-refractivity contribution in [2.24, 2.45) is 0 Å². The number of fused-ring (bicyclic) bond motifs is 1. The minimum atomic E-state index is -0.0157. The third kappa shape index (κ3) is 3.05. The number of carbonyl (C=O) groups is 1. The highest BCUT2D eigenvalue weighted by Crippen LogP contribution is 2.29. The summed E-state index contributed by atoms with van der Waals surface area (Å²) in [5.41, 5.74) is 3.71. The first kappa shape index (κ1) is 17.0. The fourth-order valence-corrected chi connectivity index (χ4v) is 3.72. The molecule has 0 aromatic carbocycles. The average Bonchev–Trinajstić information content (AvgIpc) is 3.29. The summed E-state index contributed by atoms with van der Waals surface area (Å²) in [6, 6.07) is 1.80. The van der Waals surface area contributed by atoms with Crippen LogP contribution in [0, 0.1) is 0 Å². The minimum absolute atomic E-state index is 0.0157. The van der Waals surface area contributed by atoms with Crippen molar-refractivity contribution in [3.63, 3.8) is 0 Å². The van der Waals surface area contributed by atoms with Gasteiger partial charge < -0.3 is 9.88 Å². The van der Waals surface area contributed by atoms with Crippen molar-refractivity contribution in [1.82, 2.24) is 29.6 Å². The molecule has 134 valence electrons. The molecular weight excluding hydrogens is 396 g/mol. The van der Waals surface area contributed by atoms with Crippen molar-refractivity contribution in [3.05, 3.63) is 52.1 Å². The SMILES string of the molecule is CCCn1nc(-c2ncc[nH]2)c2c1CCN(C(=O)c1cncc(Br)c1)C2. The number of halogens is 1. The first-order valence-corrected chi connectivity index (χ1v) is 9.44. The fourth-order valence-electron chi connectivity index (χ4n) is 3.36. The van der Waals surface area contributed by atoms with E-state index in [1.54, 1.807) is 30.9 Å². The number of nitrogens with zero attached hydrogens (tertiary/aromatic N) is 5. The molecule has 1 amide bonds. The van der Waals surface area contributed by atoms with Gasteiger partial charge in [-0.05, 0) is 28.4 Å². The molecule has 0 bridgehead atoms. The van der Waals surface area contributed by atoms with E-state index < -0.39 is 0 Å². The van der Waals surface area contributed by atoms with Crippen LogP contribution in [0.3, 0.4) is 0 Å². The molecule has 1 N–H and O–H groups in total. The summed E-state index contributed by atoms with van der Waals surface area (Å²) >= 11 is 3.38. The Labute approximate surface area is 159 Å². The van der Waals surface area contributed by atoms with Gasteiger partial charge in [0, 0.05) is 60.0 Å². The molecule has 26 heavy (non-hydrogen) atoms. The van der Waals surface area contributed by atoms with Crippen LogP contribution in [-0.4, -0.2) is 42.1 Å². The molecule has 3 aromatic heterocycles. The van der Waals surface area contributed by atoms with Gasteiger partial charge in [0.1, 0.15) is 5.69 Å². The number of carbonyl (C=O) groups excluding carboxylic acids is 1. The molecule has 0 spiro atoms. The Morgan fingerprint density at radius 2 is 2.27 bits per heavy atom. The number of aromatic amines is 1. The number of rotatable bonds is 4. The number of imidazole rings is 1. The lowest BCUT2D eigenvalue weighted by molar-refractivity contribution is 0.0733. The van der Waals surface area contributed by atoms with Gasteiger partial charge in [-0.2, -0.15) is 5.10 Å². The molecule has 0 atom stereocenters. The Bertz CT molecular complexity index is 933. The van der Waals surface area contributed by atoms with E-state index in [0.717, 1.165) is 40.9 Å². The van der Waals surface area contributed by atoms with Crippen LogP contribution in [0.2, 0.25) is 0 Å². The summed E-state index contributed by atoms with van der Waals surface area (Å²) in [7, 11) is 0. The van der Waals surface area contributed by atoms with E-state index >= 15 is 0 Å². The second-order valence-corrected chi connectivity index (χ2v) is 7.22. The first-order valence-electron chi connectivity index (χ1n) is 8.65. The summed E-state index contributed by atoms with van der Waals surface area (Å²) in [4.78, 5) is 26.4. The van der Waals surface area contributed by atoms with Crippen molar-refractivity contribution < 1.29 is 4.79 Å². The van der Waals surface area contributed by atoms with Crippen LogP contribution < -0.4 is 0 Å². The standard InChI is InChI=1S/C18H19BrN6O/c1-2-6-25-15-3-7-24(18(26)12-8-13(19)10-20-9-12)11-14(15)16(23-25)17-21-4-5-22-17/h4-5,8-10H,2-3,6-7,11H2,1H3,(H,21,22). The molecular formula is C18H19BrN6O. The molecule has 3 aromatic rings. The summed E-state index contributed by atoms with van der Waals surface area (Å²) in [5, 5.41) is 4.77. The van der Waals surface area contributed by atoms with Crippen molar-refractivity contribution in [3.8, 4) is 11.5 Å². The van der Waals surface area contributed by atoms with Gasteiger partial charge >= 0.3 is 0 Å². The third-order valence-electron chi connectivity index (χ3n) is 4.53. The van der Waals surface area contributed by atoms with E-state index in [1.165, 1.54) is 5.69 Å². The number of H-pyrrole nitrogens is 1. The van der Waals surface area contributed by atoms with E-state index in [-0.39, 0.29) is 5.91 Å². The second-order valence-electron chi connectivity index (χ2n) is 6.30. The molecule has 1 aliphatic rings. The van der Waals surface area contributed by atoms with Gasteiger partial charge in [-0.25, -0.2) is 4.98 Å². The monoisotopic (exact) mass is 414 g/mol. The topological polar surface area (TPSA) is 79.7 Å². The molecule has 0 aliphatic carbocycles. The Morgan fingerprint density at radius 3 is 3.00 bits per heavy atom. The third-order valence-corrected chi connectivity index (χ3v) is 4.96. The molecule has 1 aliphatic heterocycles. The predicted molar refractivity (Wildman–Crippen MR) is 100 cm³/mol. The Balaban J connectivity index is 1.68. The van der Waals surface area contributed by atoms with E-state index in [4.69, 9.17) is 5.10 Å². The zero-order chi connectivity index (χ0) is 18.1. The van der Waals surface area contributed by atoms with Gasteiger partial charge in [-0.1, -0.05) is 6.92 Å². The highest BCUT2D eigenvalue weighted by molar-refractivity contribution is 9.10. The lowest BCUT2D eigenvalue weighted by Gasteiger charge is -2.28. The van der Waals surface area contributed by atoms with Crippen LogP contribution >= 0.6 is 15.9 Å².